The Balaban J connectivity index is 1.93. The number of fused-ring (bicyclic) bond motifs is 1. The third-order valence-corrected chi connectivity index (χ3v) is 8.07. The number of hydrogen-bond acceptors (Lipinski definition) is 6. The molecule has 7 nitrogen and oxygen atoms in total. The van der Waals surface area contributed by atoms with Crippen LogP contribution in [0, 0.1) is 23.3 Å². The number of carbonyl (C=O) groups is 3. The number of rotatable bonds is 8. The van der Waals surface area contributed by atoms with Crippen molar-refractivity contribution < 1.29 is 31.9 Å². The summed E-state index contributed by atoms with van der Waals surface area (Å²) in [5.74, 6) is -6.18. The van der Waals surface area contributed by atoms with Crippen LogP contribution in [-0.4, -0.2) is 66.8 Å². The van der Waals surface area contributed by atoms with E-state index in [9.17, 15) is 27.6 Å². The number of nitrogens with two attached hydrogens (primary N) is 1. The summed E-state index contributed by atoms with van der Waals surface area (Å²) in [6.45, 7) is 1.85. The molecule has 4 rings (SSSR count). The highest BCUT2D eigenvalue weighted by molar-refractivity contribution is 7.99. The minimum absolute atomic E-state index is 0.0880. The summed E-state index contributed by atoms with van der Waals surface area (Å²) in [6, 6.07) is 9.09. The zero-order chi connectivity index (χ0) is 30.7. The Labute approximate surface area is 245 Å². The first-order valence-corrected chi connectivity index (χ1v) is 14.0. The van der Waals surface area contributed by atoms with E-state index in [-0.39, 0.29) is 17.7 Å². The molecule has 12 heteroatoms. The maximum Gasteiger partial charge on any atom is 0.251 e. The van der Waals surface area contributed by atoms with Crippen molar-refractivity contribution in [2.45, 2.75) is 35.6 Å². The van der Waals surface area contributed by atoms with Gasteiger partial charge in [-0.05, 0) is 69.0 Å². The second-order valence-electron chi connectivity index (χ2n) is 10.3. The van der Waals surface area contributed by atoms with Gasteiger partial charge in [-0.15, -0.1) is 11.8 Å². The molecule has 222 valence electrons. The Hall–Kier alpha value is -3.74. The van der Waals surface area contributed by atoms with Crippen LogP contribution in [0.1, 0.15) is 23.3 Å². The molecule has 2 N–H and O–H groups in total. The summed E-state index contributed by atoms with van der Waals surface area (Å²) in [6.07, 6.45) is -0.662. The zero-order valence-corrected chi connectivity index (χ0v) is 24.0. The number of thioether (sulfide) groups is 1. The number of imide groups is 1. The maximum atomic E-state index is 15.4. The molecule has 3 aromatic rings. The summed E-state index contributed by atoms with van der Waals surface area (Å²) in [5, 5.41) is -1.30. The first-order chi connectivity index (χ1) is 19.9. The Kier molecular flexibility index (Phi) is 9.70. The van der Waals surface area contributed by atoms with Crippen LogP contribution in [-0.2, 0) is 20.8 Å². The summed E-state index contributed by atoms with van der Waals surface area (Å²) in [7, 11) is 3.61. The predicted octanol–water partition coefficient (Wildman–Crippen LogP) is 4.30. The van der Waals surface area contributed by atoms with Crippen molar-refractivity contribution >= 4 is 35.2 Å². The van der Waals surface area contributed by atoms with Crippen LogP contribution < -0.4 is 10.6 Å². The van der Waals surface area contributed by atoms with Crippen LogP contribution >= 0.6 is 11.8 Å². The van der Waals surface area contributed by atoms with Gasteiger partial charge in [-0.2, -0.15) is 0 Å². The number of carbonyl (C=O) groups excluding carboxylic acids is 3. The number of benzene rings is 3. The van der Waals surface area contributed by atoms with Crippen molar-refractivity contribution in [1.29, 1.82) is 0 Å². The molecule has 0 fully saturated rings. The number of amides is 3. The van der Waals surface area contributed by atoms with E-state index in [1.807, 2.05) is 4.90 Å². The topological polar surface area (TPSA) is 86.9 Å². The lowest BCUT2D eigenvalue weighted by Gasteiger charge is -2.36. The Bertz CT molecular complexity index is 1480. The fourth-order valence-corrected chi connectivity index (χ4v) is 6.14. The van der Waals surface area contributed by atoms with Gasteiger partial charge in [0, 0.05) is 29.6 Å². The van der Waals surface area contributed by atoms with E-state index in [1.54, 1.807) is 38.4 Å². The maximum absolute atomic E-state index is 15.4. The average molecular weight is 603 g/mol. The van der Waals surface area contributed by atoms with E-state index in [1.165, 1.54) is 11.8 Å². The second kappa shape index (κ2) is 13.1. The van der Waals surface area contributed by atoms with E-state index in [2.05, 4.69) is 0 Å². The molecule has 0 saturated carbocycles. The van der Waals surface area contributed by atoms with Crippen LogP contribution in [0.25, 0.3) is 0 Å². The molecule has 0 radical (unpaired) electrons. The van der Waals surface area contributed by atoms with Gasteiger partial charge in [0.1, 0.15) is 29.3 Å². The van der Waals surface area contributed by atoms with Crippen molar-refractivity contribution in [3.05, 3.63) is 95.1 Å². The molecule has 3 atom stereocenters. The number of anilines is 1. The highest BCUT2D eigenvalue weighted by Gasteiger charge is 2.47. The lowest BCUT2D eigenvalue weighted by molar-refractivity contribution is -0.151. The summed E-state index contributed by atoms with van der Waals surface area (Å²) in [5.41, 5.74) is 6.06. The van der Waals surface area contributed by atoms with Gasteiger partial charge in [-0.1, -0.05) is 12.1 Å². The van der Waals surface area contributed by atoms with Gasteiger partial charge < -0.3 is 15.5 Å². The molecule has 0 saturated heterocycles. The van der Waals surface area contributed by atoms with Gasteiger partial charge in [-0.3, -0.25) is 19.3 Å². The van der Waals surface area contributed by atoms with Crippen LogP contribution in [0.2, 0.25) is 0 Å². The molecule has 1 aliphatic heterocycles. The Morgan fingerprint density at radius 1 is 0.976 bits per heavy atom. The molecular formula is C30H30F4N4O3S. The molecule has 3 amide bonds. The van der Waals surface area contributed by atoms with Crippen LogP contribution in [0.5, 0.6) is 0 Å². The standard InChI is InChI=1S/C30H30F4N4O3S/c1-17(35)29(40)38(26(39)14-18-12-20(32)15-21(33)13-18)27-28(22-16-19(31)8-9-23(22)34)42-25-7-5-4-6-24(25)37(30(27)41)11-10-36(2)3/h4-9,12-13,15-17,27-28H,10-11,14,35H2,1-3H3/t17-,27-,28+/m0/s1. The highest BCUT2D eigenvalue weighted by Crippen LogP contribution is 2.48. The highest BCUT2D eigenvalue weighted by atomic mass is 32.2. The Morgan fingerprint density at radius 3 is 2.29 bits per heavy atom. The number of nitrogens with zero attached hydrogens (tertiary/aromatic N) is 3. The summed E-state index contributed by atoms with van der Waals surface area (Å²) in [4.78, 5) is 46.4. The molecular weight excluding hydrogens is 572 g/mol. The van der Waals surface area contributed by atoms with Gasteiger partial charge in [0.25, 0.3) is 5.91 Å². The average Bonchev–Trinajstić information content (AvgIpc) is 3.02. The first kappa shape index (κ1) is 31.2. The zero-order valence-electron chi connectivity index (χ0n) is 23.2. The Morgan fingerprint density at radius 2 is 1.64 bits per heavy atom. The van der Waals surface area contributed by atoms with E-state index in [0.717, 1.165) is 42.1 Å². The number of hydrogen-bond donors (Lipinski definition) is 1. The van der Waals surface area contributed by atoms with Crippen LogP contribution in [0.15, 0.2) is 65.6 Å². The number of halogens is 4. The van der Waals surface area contributed by atoms with Crippen LogP contribution in [0.4, 0.5) is 23.2 Å². The van der Waals surface area contributed by atoms with E-state index < -0.39 is 64.7 Å². The third-order valence-electron chi connectivity index (χ3n) is 6.70. The fraction of sp³-hybridized carbons (Fsp3) is 0.300. The molecule has 0 unspecified atom stereocenters. The molecule has 42 heavy (non-hydrogen) atoms. The monoisotopic (exact) mass is 602 g/mol. The van der Waals surface area contributed by atoms with Crippen LogP contribution in [0.3, 0.4) is 0 Å². The van der Waals surface area contributed by atoms with E-state index >= 15 is 4.39 Å². The van der Waals surface area contributed by atoms with Crippen molar-refractivity contribution in [2.75, 3.05) is 32.1 Å². The molecule has 1 heterocycles. The van der Waals surface area contributed by atoms with Gasteiger partial charge in [0.2, 0.25) is 11.8 Å². The second-order valence-corrected chi connectivity index (χ2v) is 11.4. The van der Waals surface area contributed by atoms with E-state index in [4.69, 9.17) is 5.73 Å². The third kappa shape index (κ3) is 6.83. The normalized spacial score (nSPS) is 17.5. The van der Waals surface area contributed by atoms with Gasteiger partial charge in [0.15, 0.2) is 0 Å². The summed E-state index contributed by atoms with van der Waals surface area (Å²) >= 11 is 1.00. The lowest BCUT2D eigenvalue weighted by Crippen LogP contribution is -2.59. The molecule has 3 aromatic carbocycles. The molecule has 0 spiro atoms. The summed E-state index contributed by atoms with van der Waals surface area (Å²) < 4.78 is 57.8. The first-order valence-electron chi connectivity index (χ1n) is 13.1. The largest absolute Gasteiger partial charge is 0.320 e. The fourth-order valence-electron chi connectivity index (χ4n) is 4.74. The molecule has 0 aromatic heterocycles. The SMILES string of the molecule is C[C@H](N)C(=O)N(C(=O)Cc1cc(F)cc(F)c1)[C@@H]1C(=O)N(CCN(C)C)c2ccccc2S[C@@H]1c1cc(F)ccc1F. The van der Waals surface area contributed by atoms with Crippen molar-refractivity contribution in [3.8, 4) is 0 Å². The van der Waals surface area contributed by atoms with Crippen molar-refractivity contribution in [1.82, 2.24) is 9.80 Å². The quantitative estimate of drug-likeness (QED) is 0.387. The molecule has 0 bridgehead atoms. The minimum Gasteiger partial charge on any atom is -0.320 e. The smallest absolute Gasteiger partial charge is 0.251 e. The van der Waals surface area contributed by atoms with Crippen molar-refractivity contribution in [2.24, 2.45) is 5.73 Å². The van der Waals surface area contributed by atoms with E-state index in [0.29, 0.717) is 28.1 Å². The van der Waals surface area contributed by atoms with Crippen molar-refractivity contribution in [3.63, 3.8) is 0 Å². The number of likely N-dealkylation sites (N-methyl/N-ethyl adjacent to an activating group) is 1. The minimum atomic E-state index is -1.69. The predicted molar refractivity (Wildman–Crippen MR) is 152 cm³/mol. The van der Waals surface area contributed by atoms with Gasteiger partial charge >= 0.3 is 0 Å². The number of para-hydroxylation sites is 1. The van der Waals surface area contributed by atoms with Gasteiger partial charge in [0.05, 0.1) is 23.4 Å². The van der Waals surface area contributed by atoms with Gasteiger partial charge in [-0.25, -0.2) is 17.6 Å². The molecule has 1 aliphatic rings. The lowest BCUT2D eigenvalue weighted by atomic mass is 9.99. The molecule has 0 aliphatic carbocycles.